The maximum absolute atomic E-state index is 5.70. The first-order valence-corrected chi connectivity index (χ1v) is 8.15. The summed E-state index contributed by atoms with van der Waals surface area (Å²) in [5.41, 5.74) is 2.26. The van der Waals surface area contributed by atoms with Gasteiger partial charge < -0.3 is 4.74 Å². The van der Waals surface area contributed by atoms with Crippen LogP contribution in [0.5, 0.6) is 0 Å². The normalized spacial score (nSPS) is 10.7. The highest BCUT2D eigenvalue weighted by Gasteiger charge is 1.98. The Hall–Kier alpha value is -1.08. The first-order chi connectivity index (χ1) is 9.84. The summed E-state index contributed by atoms with van der Waals surface area (Å²) in [4.78, 5) is 0. The van der Waals surface area contributed by atoms with Gasteiger partial charge in [0.25, 0.3) is 0 Å². The Bertz CT molecular complexity index is 342. The Balaban J connectivity index is 1.91. The summed E-state index contributed by atoms with van der Waals surface area (Å²) in [6, 6.07) is 10.3. The molecular weight excluding hydrogens is 244 g/mol. The van der Waals surface area contributed by atoms with Gasteiger partial charge in [-0.05, 0) is 17.6 Å². The van der Waals surface area contributed by atoms with Gasteiger partial charge in [-0.3, -0.25) is 0 Å². The molecule has 0 atom stereocenters. The van der Waals surface area contributed by atoms with Crippen LogP contribution in [0.15, 0.2) is 36.9 Å². The van der Waals surface area contributed by atoms with Gasteiger partial charge in [-0.25, -0.2) is 0 Å². The van der Waals surface area contributed by atoms with Crippen molar-refractivity contribution in [3.63, 3.8) is 0 Å². The summed E-state index contributed by atoms with van der Waals surface area (Å²) >= 11 is 0. The number of unbranched alkanes of at least 4 members (excludes halogenated alkanes) is 7. The standard InChI is InChI=1S/C19H30O/c1-3-4-5-6-7-8-9-13-16-20-17-18(2)19-14-11-10-12-15-19/h10-12,14-15H,2-9,13,16-17H2,1H3. The molecule has 0 radical (unpaired) electrons. The minimum atomic E-state index is 0.653. The van der Waals surface area contributed by atoms with E-state index in [1.165, 1.54) is 56.9 Å². The van der Waals surface area contributed by atoms with Gasteiger partial charge in [-0.15, -0.1) is 0 Å². The Kier molecular flexibility index (Phi) is 9.95. The number of ether oxygens (including phenoxy) is 1. The van der Waals surface area contributed by atoms with Crippen molar-refractivity contribution in [1.29, 1.82) is 0 Å². The predicted molar refractivity (Wildman–Crippen MR) is 88.9 cm³/mol. The topological polar surface area (TPSA) is 9.23 Å². The van der Waals surface area contributed by atoms with Crippen LogP contribution < -0.4 is 0 Å². The van der Waals surface area contributed by atoms with Crippen molar-refractivity contribution in [1.82, 2.24) is 0 Å². The van der Waals surface area contributed by atoms with Gasteiger partial charge in [0.05, 0.1) is 6.61 Å². The summed E-state index contributed by atoms with van der Waals surface area (Å²) in [6.45, 7) is 7.86. The number of rotatable bonds is 12. The molecule has 0 unspecified atom stereocenters. The Morgan fingerprint density at radius 2 is 1.50 bits per heavy atom. The molecule has 0 fully saturated rings. The van der Waals surface area contributed by atoms with E-state index in [9.17, 15) is 0 Å². The van der Waals surface area contributed by atoms with Crippen LogP contribution in [-0.4, -0.2) is 13.2 Å². The lowest BCUT2D eigenvalue weighted by molar-refractivity contribution is 0.162. The van der Waals surface area contributed by atoms with Gasteiger partial charge in [0.1, 0.15) is 0 Å². The summed E-state index contributed by atoms with van der Waals surface area (Å²) in [5, 5.41) is 0. The van der Waals surface area contributed by atoms with E-state index in [-0.39, 0.29) is 0 Å². The van der Waals surface area contributed by atoms with E-state index in [0.717, 1.165) is 12.2 Å². The molecule has 1 aromatic carbocycles. The number of hydrogen-bond acceptors (Lipinski definition) is 1. The minimum absolute atomic E-state index is 0.653. The molecule has 1 heteroatoms. The Morgan fingerprint density at radius 1 is 0.900 bits per heavy atom. The van der Waals surface area contributed by atoms with Gasteiger partial charge >= 0.3 is 0 Å². The molecule has 0 aromatic heterocycles. The zero-order valence-corrected chi connectivity index (χ0v) is 13.1. The van der Waals surface area contributed by atoms with Crippen molar-refractivity contribution in [2.75, 3.05) is 13.2 Å². The third-order valence-corrected chi connectivity index (χ3v) is 3.60. The first kappa shape index (κ1) is 17.0. The smallest absolute Gasteiger partial charge is 0.0716 e. The van der Waals surface area contributed by atoms with E-state index in [2.05, 4.69) is 25.6 Å². The van der Waals surface area contributed by atoms with Crippen molar-refractivity contribution in [2.45, 2.75) is 58.3 Å². The molecule has 0 saturated heterocycles. The summed E-state index contributed by atoms with van der Waals surface area (Å²) in [5.74, 6) is 0. The van der Waals surface area contributed by atoms with Gasteiger partial charge in [0.15, 0.2) is 0 Å². The van der Waals surface area contributed by atoms with Crippen molar-refractivity contribution >= 4 is 5.57 Å². The third kappa shape index (κ3) is 8.16. The fraction of sp³-hybridized carbons (Fsp3) is 0.579. The Labute approximate surface area is 125 Å². The second kappa shape index (κ2) is 11.7. The van der Waals surface area contributed by atoms with Crippen LogP contribution in [0.2, 0.25) is 0 Å². The second-order valence-electron chi connectivity index (χ2n) is 5.50. The summed E-state index contributed by atoms with van der Waals surface area (Å²) < 4.78 is 5.70. The molecule has 0 saturated carbocycles. The van der Waals surface area contributed by atoms with Crippen molar-refractivity contribution < 1.29 is 4.74 Å². The molecule has 0 bridgehead atoms. The summed E-state index contributed by atoms with van der Waals surface area (Å²) in [6.07, 6.45) is 10.7. The van der Waals surface area contributed by atoms with Crippen LogP contribution in [0.4, 0.5) is 0 Å². The van der Waals surface area contributed by atoms with Crippen LogP contribution in [-0.2, 0) is 4.74 Å². The molecule has 20 heavy (non-hydrogen) atoms. The van der Waals surface area contributed by atoms with Crippen LogP contribution in [0.1, 0.15) is 63.9 Å². The van der Waals surface area contributed by atoms with E-state index < -0.39 is 0 Å². The highest BCUT2D eigenvalue weighted by molar-refractivity contribution is 5.63. The average Bonchev–Trinajstić information content (AvgIpc) is 2.50. The van der Waals surface area contributed by atoms with E-state index >= 15 is 0 Å². The molecule has 0 aliphatic rings. The molecule has 1 nitrogen and oxygen atoms in total. The highest BCUT2D eigenvalue weighted by Crippen LogP contribution is 2.12. The lowest BCUT2D eigenvalue weighted by atomic mass is 10.1. The van der Waals surface area contributed by atoms with Crippen molar-refractivity contribution in [3.8, 4) is 0 Å². The molecule has 0 aliphatic heterocycles. The van der Waals surface area contributed by atoms with E-state index in [0.29, 0.717) is 6.61 Å². The van der Waals surface area contributed by atoms with Gasteiger partial charge in [-0.1, -0.05) is 88.8 Å². The van der Waals surface area contributed by atoms with Gasteiger partial charge in [0, 0.05) is 6.61 Å². The third-order valence-electron chi connectivity index (χ3n) is 3.60. The van der Waals surface area contributed by atoms with Gasteiger partial charge in [0.2, 0.25) is 0 Å². The van der Waals surface area contributed by atoms with Gasteiger partial charge in [-0.2, -0.15) is 0 Å². The molecule has 0 aliphatic carbocycles. The molecule has 1 rings (SSSR count). The van der Waals surface area contributed by atoms with Crippen LogP contribution in [0, 0.1) is 0 Å². The fourth-order valence-corrected chi connectivity index (χ4v) is 2.29. The quantitative estimate of drug-likeness (QED) is 0.434. The zero-order valence-electron chi connectivity index (χ0n) is 13.1. The molecule has 0 heterocycles. The summed E-state index contributed by atoms with van der Waals surface area (Å²) in [7, 11) is 0. The monoisotopic (exact) mass is 274 g/mol. The second-order valence-corrected chi connectivity index (χ2v) is 5.50. The zero-order chi connectivity index (χ0) is 14.5. The molecule has 0 amide bonds. The van der Waals surface area contributed by atoms with Crippen LogP contribution in [0.25, 0.3) is 5.57 Å². The molecule has 112 valence electrons. The SMILES string of the molecule is C=C(COCCCCCCCCCC)c1ccccc1. The molecule has 1 aromatic rings. The molecule has 0 N–H and O–H groups in total. The van der Waals surface area contributed by atoms with Crippen LogP contribution >= 0.6 is 0 Å². The number of hydrogen-bond donors (Lipinski definition) is 0. The van der Waals surface area contributed by atoms with Crippen molar-refractivity contribution in [2.24, 2.45) is 0 Å². The van der Waals surface area contributed by atoms with Crippen molar-refractivity contribution in [3.05, 3.63) is 42.5 Å². The Morgan fingerprint density at radius 3 is 2.15 bits per heavy atom. The fourth-order valence-electron chi connectivity index (χ4n) is 2.29. The van der Waals surface area contributed by atoms with E-state index in [1.807, 2.05) is 18.2 Å². The molecule has 0 spiro atoms. The largest absolute Gasteiger partial charge is 0.377 e. The highest BCUT2D eigenvalue weighted by atomic mass is 16.5. The maximum Gasteiger partial charge on any atom is 0.0716 e. The predicted octanol–water partition coefficient (Wildman–Crippen LogP) is 5.86. The maximum atomic E-state index is 5.70. The van der Waals surface area contributed by atoms with E-state index in [1.54, 1.807) is 0 Å². The minimum Gasteiger partial charge on any atom is -0.377 e. The lowest BCUT2D eigenvalue weighted by Crippen LogP contribution is -1.99. The van der Waals surface area contributed by atoms with Crippen LogP contribution in [0.3, 0.4) is 0 Å². The lowest BCUT2D eigenvalue weighted by Gasteiger charge is -2.07. The first-order valence-electron chi connectivity index (χ1n) is 8.15. The van der Waals surface area contributed by atoms with E-state index in [4.69, 9.17) is 4.74 Å². The molecular formula is C19H30O. The average molecular weight is 274 g/mol. The number of benzene rings is 1.